The predicted octanol–water partition coefficient (Wildman–Crippen LogP) is 1.28. The molecule has 4 nitrogen and oxygen atoms in total. The molecule has 0 spiro atoms. The van der Waals surface area contributed by atoms with Gasteiger partial charge >= 0.3 is 0 Å². The van der Waals surface area contributed by atoms with Crippen LogP contribution in [0, 0.1) is 5.41 Å². The number of carbonyl (C=O) groups excluding carboxylic acids is 1. The van der Waals surface area contributed by atoms with Gasteiger partial charge in [0.1, 0.15) is 0 Å². The Morgan fingerprint density at radius 1 is 1.54 bits per heavy atom. The first-order valence-corrected chi connectivity index (χ1v) is 3.88. The van der Waals surface area contributed by atoms with Crippen molar-refractivity contribution in [2.24, 2.45) is 11.1 Å². The fraction of sp³-hybridized carbons (Fsp3) is 0.857. The maximum atomic E-state index is 10.5. The van der Waals surface area contributed by atoms with Crippen LogP contribution in [0.2, 0.25) is 0 Å². The van der Waals surface area contributed by atoms with Crippen molar-refractivity contribution in [1.82, 2.24) is 5.51 Å². The summed E-state index contributed by atoms with van der Waals surface area (Å²) in [6, 6.07) is 0. The second-order valence-corrected chi connectivity index (χ2v) is 3.16. The lowest BCUT2D eigenvalue weighted by Crippen LogP contribution is -2.39. The van der Waals surface area contributed by atoms with Crippen LogP contribution in [0.1, 0.15) is 26.2 Å². The molecule has 0 saturated heterocycles. The molecule has 0 radical (unpaired) electrons. The number of amides is 1. The van der Waals surface area contributed by atoms with Crippen molar-refractivity contribution in [3.05, 3.63) is 0 Å². The van der Waals surface area contributed by atoms with E-state index in [0.29, 0.717) is 0 Å². The normalized spacial score (nSPS) is 18.5. The topological polar surface area (TPSA) is 55.6 Å². The number of halogens is 2. The average molecular weight is 196 g/mol. The monoisotopic (exact) mass is 196 g/mol. The third-order valence-electron chi connectivity index (χ3n) is 2.19. The van der Waals surface area contributed by atoms with Crippen molar-refractivity contribution < 1.29 is 18.6 Å². The van der Waals surface area contributed by atoms with Gasteiger partial charge in [-0.05, 0) is 12.8 Å². The minimum Gasteiger partial charge on any atom is -0.369 e. The molecule has 0 aliphatic heterocycles. The number of hydrogen-bond donors (Lipinski definition) is 1. The van der Waals surface area contributed by atoms with Gasteiger partial charge in [-0.25, -0.2) is 4.84 Å². The zero-order valence-corrected chi connectivity index (χ0v) is 7.72. The molecule has 1 saturated carbocycles. The number of primary amides is 1. The molecule has 1 aliphatic carbocycles. The summed E-state index contributed by atoms with van der Waals surface area (Å²) >= 11 is 0. The Hall–Kier alpha value is -0.750. The first-order chi connectivity index (χ1) is 5.92. The lowest BCUT2D eigenvalue weighted by atomic mass is 9.70. The number of hydrogen-bond acceptors (Lipinski definition) is 3. The molecule has 1 amide bonds. The highest BCUT2D eigenvalue weighted by Crippen LogP contribution is 2.39. The molecular formula is C7H14F2N2O2. The lowest BCUT2D eigenvalue weighted by Gasteiger charge is -2.34. The van der Waals surface area contributed by atoms with E-state index in [1.807, 2.05) is 6.92 Å². The lowest BCUT2D eigenvalue weighted by molar-refractivity contribution is -0.378. The van der Waals surface area contributed by atoms with Crippen LogP contribution in [0.5, 0.6) is 0 Å². The first kappa shape index (κ1) is 12.2. The quantitative estimate of drug-likeness (QED) is 0.534. The van der Waals surface area contributed by atoms with Crippen LogP contribution in [0.15, 0.2) is 0 Å². The highest BCUT2D eigenvalue weighted by atomic mass is 19.4. The van der Waals surface area contributed by atoms with Crippen LogP contribution >= 0.6 is 0 Å². The van der Waals surface area contributed by atoms with Crippen molar-refractivity contribution in [3.63, 3.8) is 0 Å². The molecule has 13 heavy (non-hydrogen) atoms. The van der Waals surface area contributed by atoms with Crippen LogP contribution in [-0.4, -0.2) is 18.5 Å². The van der Waals surface area contributed by atoms with Crippen molar-refractivity contribution in [1.29, 1.82) is 0 Å². The Kier molecular flexibility index (Phi) is 4.79. The average Bonchev–Trinajstić information content (AvgIpc) is 2.01. The van der Waals surface area contributed by atoms with Gasteiger partial charge in [-0.1, -0.05) is 22.3 Å². The predicted molar refractivity (Wildman–Crippen MR) is 42.2 cm³/mol. The van der Waals surface area contributed by atoms with Gasteiger partial charge in [-0.3, -0.25) is 4.79 Å². The number of carbonyl (C=O) groups is 1. The maximum Gasteiger partial charge on any atom is 0.223 e. The molecule has 0 heterocycles. The maximum absolute atomic E-state index is 10.5. The van der Waals surface area contributed by atoms with Crippen molar-refractivity contribution >= 4 is 5.91 Å². The molecule has 0 aromatic heterocycles. The molecule has 1 aliphatic rings. The molecule has 78 valence electrons. The molecule has 0 atom stereocenters. The van der Waals surface area contributed by atoms with Gasteiger partial charge in [0, 0.05) is 5.41 Å². The molecule has 2 N–H and O–H groups in total. The van der Waals surface area contributed by atoms with Crippen LogP contribution in [0.25, 0.3) is 0 Å². The highest BCUT2D eigenvalue weighted by molar-refractivity contribution is 5.81. The number of nitrogens with two attached hydrogens (primary N) is 1. The van der Waals surface area contributed by atoms with Gasteiger partial charge in [-0.15, -0.1) is 0 Å². The highest BCUT2D eigenvalue weighted by Gasteiger charge is 2.37. The summed E-state index contributed by atoms with van der Waals surface area (Å²) in [5, 5.41) is 0. The van der Waals surface area contributed by atoms with Crippen LogP contribution in [-0.2, 0) is 9.63 Å². The van der Waals surface area contributed by atoms with E-state index in [1.165, 1.54) is 6.42 Å². The zero-order valence-electron chi connectivity index (χ0n) is 7.72. The molecule has 6 heteroatoms. The van der Waals surface area contributed by atoms with Gasteiger partial charge in [0.25, 0.3) is 0 Å². The minimum atomic E-state index is -1.38. The Bertz CT molecular complexity index is 172. The van der Waals surface area contributed by atoms with E-state index in [0.717, 1.165) is 20.0 Å². The van der Waals surface area contributed by atoms with E-state index in [2.05, 4.69) is 4.84 Å². The summed E-state index contributed by atoms with van der Waals surface area (Å²) in [4.78, 5) is 13.8. The SMILES string of the molecule is CC1(C(N)=O)CCC1.CON(F)F. The third kappa shape index (κ3) is 4.14. The van der Waals surface area contributed by atoms with Gasteiger partial charge in [0.05, 0.1) is 7.11 Å². The summed E-state index contributed by atoms with van der Waals surface area (Å²) in [5.41, 5.74) is 3.58. The van der Waals surface area contributed by atoms with Crippen LogP contribution in [0.3, 0.4) is 0 Å². The third-order valence-corrected chi connectivity index (χ3v) is 2.19. The van der Waals surface area contributed by atoms with Crippen LogP contribution < -0.4 is 5.73 Å². The molecule has 1 fully saturated rings. The fourth-order valence-electron chi connectivity index (χ4n) is 0.954. The van der Waals surface area contributed by atoms with Gasteiger partial charge < -0.3 is 5.73 Å². The summed E-state index contributed by atoms with van der Waals surface area (Å²) in [5.74, 6) is -0.135. The molecule has 0 bridgehead atoms. The number of nitrogens with zero attached hydrogens (tertiary/aromatic N) is 1. The Morgan fingerprint density at radius 3 is 1.92 bits per heavy atom. The van der Waals surface area contributed by atoms with Crippen molar-refractivity contribution in [2.75, 3.05) is 7.11 Å². The molecule has 0 aromatic carbocycles. The summed E-state index contributed by atoms with van der Waals surface area (Å²) in [6.07, 6.45) is 3.14. The Morgan fingerprint density at radius 2 is 1.92 bits per heavy atom. The second-order valence-electron chi connectivity index (χ2n) is 3.16. The van der Waals surface area contributed by atoms with E-state index in [9.17, 15) is 13.8 Å². The summed E-state index contributed by atoms with van der Waals surface area (Å²) in [6.45, 7) is 1.93. The Balaban J connectivity index is 0.000000252. The van der Waals surface area contributed by atoms with E-state index >= 15 is 0 Å². The summed E-state index contributed by atoms with van der Waals surface area (Å²) in [7, 11) is 0.875. The molecule has 0 aromatic rings. The zero-order chi connectivity index (χ0) is 10.5. The molecule has 1 rings (SSSR count). The van der Waals surface area contributed by atoms with E-state index in [1.54, 1.807) is 0 Å². The van der Waals surface area contributed by atoms with E-state index in [-0.39, 0.29) is 11.3 Å². The second kappa shape index (κ2) is 5.08. The molecular weight excluding hydrogens is 182 g/mol. The van der Waals surface area contributed by atoms with Crippen LogP contribution in [0.4, 0.5) is 8.96 Å². The largest absolute Gasteiger partial charge is 0.369 e. The number of rotatable bonds is 2. The van der Waals surface area contributed by atoms with Crippen molar-refractivity contribution in [3.8, 4) is 0 Å². The fourth-order valence-corrected chi connectivity index (χ4v) is 0.954. The van der Waals surface area contributed by atoms with Gasteiger partial charge in [0.15, 0.2) is 5.51 Å². The van der Waals surface area contributed by atoms with E-state index in [4.69, 9.17) is 5.73 Å². The van der Waals surface area contributed by atoms with Crippen molar-refractivity contribution in [2.45, 2.75) is 26.2 Å². The Labute approximate surface area is 75.5 Å². The van der Waals surface area contributed by atoms with Gasteiger partial charge in [-0.2, -0.15) is 0 Å². The summed E-state index contributed by atoms with van der Waals surface area (Å²) < 4.78 is 20.8. The smallest absolute Gasteiger partial charge is 0.223 e. The minimum absolute atomic E-state index is 0.135. The first-order valence-electron chi connectivity index (χ1n) is 3.88. The van der Waals surface area contributed by atoms with Gasteiger partial charge in [0.2, 0.25) is 5.91 Å². The standard InChI is InChI=1S/C6H11NO.CH3F2NO/c1-6(5(7)8)3-2-4-6;1-5-4(2)3/h2-4H2,1H3,(H2,7,8);1H3. The van der Waals surface area contributed by atoms with E-state index < -0.39 is 5.51 Å². The molecule has 0 unspecified atom stereocenters.